The third kappa shape index (κ3) is 8.30. The summed E-state index contributed by atoms with van der Waals surface area (Å²) in [6, 6.07) is 9.28. The van der Waals surface area contributed by atoms with Crippen molar-refractivity contribution in [2.45, 2.75) is 66.1 Å². The van der Waals surface area contributed by atoms with Crippen LogP contribution in [0.25, 0.3) is 0 Å². The molecule has 2 unspecified atom stereocenters. The predicted molar refractivity (Wildman–Crippen MR) is 104 cm³/mol. The molecule has 0 saturated heterocycles. The van der Waals surface area contributed by atoms with E-state index in [0.29, 0.717) is 12.2 Å². The monoisotopic (exact) mass is 424 g/mol. The number of benzene rings is 1. The SMILES string of the molecule is CC(OCCOc1ccccc1)OC(C)(C(C)(C)CC(C)(C)C)S(=O)(=O)[O-].[Na+]. The molecule has 6 nitrogen and oxygen atoms in total. The van der Waals surface area contributed by atoms with Gasteiger partial charge < -0.3 is 18.8 Å². The van der Waals surface area contributed by atoms with Gasteiger partial charge in [-0.2, -0.15) is 0 Å². The van der Waals surface area contributed by atoms with Gasteiger partial charge in [0.15, 0.2) is 11.2 Å². The van der Waals surface area contributed by atoms with E-state index >= 15 is 0 Å². The van der Waals surface area contributed by atoms with Crippen molar-refractivity contribution in [3.63, 3.8) is 0 Å². The number of ether oxygens (including phenoxy) is 3. The van der Waals surface area contributed by atoms with E-state index in [2.05, 4.69) is 0 Å². The third-order valence-corrected chi connectivity index (χ3v) is 6.12. The standard InChI is InChI=1S/C20H34O6S.Na/c1-16(24-13-14-25-17-11-9-8-10-12-17)26-20(7,27(21,22)23)19(5,6)15-18(2,3)4;/h8-12,16H,13-15H2,1-7H3,(H,21,22,23);/q;+1/p-1. The first-order valence-electron chi connectivity index (χ1n) is 9.11. The maximum atomic E-state index is 12.1. The van der Waals surface area contributed by atoms with Gasteiger partial charge in [-0.3, -0.25) is 0 Å². The molecular weight excluding hydrogens is 391 g/mol. The molecular formula is C20H33NaO6S. The predicted octanol–water partition coefficient (Wildman–Crippen LogP) is 1.17. The fourth-order valence-corrected chi connectivity index (χ4v) is 4.29. The second-order valence-corrected chi connectivity index (χ2v) is 10.4. The van der Waals surface area contributed by atoms with E-state index in [1.807, 2.05) is 51.1 Å². The van der Waals surface area contributed by atoms with Gasteiger partial charge in [-0.1, -0.05) is 52.8 Å². The molecule has 0 heterocycles. The summed E-state index contributed by atoms with van der Waals surface area (Å²) in [5.41, 5.74) is -1.09. The van der Waals surface area contributed by atoms with Gasteiger partial charge in [0.05, 0.1) is 6.61 Å². The van der Waals surface area contributed by atoms with Gasteiger partial charge in [0.1, 0.15) is 22.5 Å². The zero-order valence-corrected chi connectivity index (χ0v) is 21.3. The molecule has 8 heteroatoms. The molecule has 2 atom stereocenters. The van der Waals surface area contributed by atoms with Crippen molar-refractivity contribution in [3.8, 4) is 5.75 Å². The van der Waals surface area contributed by atoms with E-state index < -0.39 is 26.8 Å². The van der Waals surface area contributed by atoms with Crippen LogP contribution < -0.4 is 34.3 Å². The molecule has 0 saturated carbocycles. The minimum atomic E-state index is -4.75. The maximum absolute atomic E-state index is 12.1. The average molecular weight is 425 g/mol. The first-order valence-corrected chi connectivity index (χ1v) is 10.5. The summed E-state index contributed by atoms with van der Waals surface area (Å²) in [5, 5.41) is 0. The Bertz CT molecular complexity index is 684. The van der Waals surface area contributed by atoms with E-state index in [1.165, 1.54) is 6.92 Å². The molecule has 0 amide bonds. The van der Waals surface area contributed by atoms with Gasteiger partial charge in [-0.25, -0.2) is 8.42 Å². The molecule has 0 N–H and O–H groups in total. The van der Waals surface area contributed by atoms with E-state index in [0.717, 1.165) is 0 Å². The smallest absolute Gasteiger partial charge is 0.746 e. The quantitative estimate of drug-likeness (QED) is 0.243. The van der Waals surface area contributed by atoms with E-state index in [9.17, 15) is 13.0 Å². The molecule has 1 aromatic carbocycles. The summed E-state index contributed by atoms with van der Waals surface area (Å²) in [4.78, 5) is -1.92. The van der Waals surface area contributed by atoms with Crippen molar-refractivity contribution >= 4 is 10.1 Å². The summed E-state index contributed by atoms with van der Waals surface area (Å²) in [7, 11) is -4.75. The van der Waals surface area contributed by atoms with Crippen molar-refractivity contribution < 1.29 is 56.7 Å². The van der Waals surface area contributed by atoms with Crippen LogP contribution in [0.2, 0.25) is 0 Å². The van der Waals surface area contributed by atoms with Crippen LogP contribution in [0.4, 0.5) is 0 Å². The number of rotatable bonds is 10. The molecule has 0 fully saturated rings. The van der Waals surface area contributed by atoms with Crippen molar-refractivity contribution in [2.24, 2.45) is 10.8 Å². The van der Waals surface area contributed by atoms with Crippen LogP contribution in [0.3, 0.4) is 0 Å². The summed E-state index contributed by atoms with van der Waals surface area (Å²) in [6.45, 7) is 12.8. The minimum Gasteiger partial charge on any atom is -0.746 e. The molecule has 1 rings (SSSR count). The van der Waals surface area contributed by atoms with Crippen LogP contribution in [0.15, 0.2) is 30.3 Å². The Morgan fingerprint density at radius 3 is 2.00 bits per heavy atom. The van der Waals surface area contributed by atoms with Crippen LogP contribution in [-0.2, 0) is 19.6 Å². The Balaban J connectivity index is 0.00000729. The first-order chi connectivity index (χ1) is 12.2. The topological polar surface area (TPSA) is 84.9 Å². The zero-order valence-electron chi connectivity index (χ0n) is 18.4. The molecule has 0 bridgehead atoms. The second-order valence-electron chi connectivity index (χ2n) is 8.74. The summed E-state index contributed by atoms with van der Waals surface area (Å²) in [6.07, 6.45) is -0.390. The molecule has 1 aromatic rings. The molecule has 0 aliphatic carbocycles. The molecule has 0 aliphatic rings. The summed E-state index contributed by atoms with van der Waals surface area (Å²) < 4.78 is 53.0. The van der Waals surface area contributed by atoms with Crippen LogP contribution in [0, 0.1) is 10.8 Å². The van der Waals surface area contributed by atoms with E-state index in [4.69, 9.17) is 14.2 Å². The van der Waals surface area contributed by atoms with Crippen molar-refractivity contribution in [3.05, 3.63) is 30.3 Å². The molecule has 28 heavy (non-hydrogen) atoms. The van der Waals surface area contributed by atoms with Crippen LogP contribution in [0.5, 0.6) is 5.75 Å². The Hall–Kier alpha value is -0.150. The third-order valence-electron chi connectivity index (χ3n) is 4.52. The molecule has 0 aliphatic heterocycles. The normalized spacial score (nSPS) is 16.0. The average Bonchev–Trinajstić information content (AvgIpc) is 2.49. The van der Waals surface area contributed by atoms with Gasteiger partial charge in [-0.15, -0.1) is 0 Å². The molecule has 0 aromatic heterocycles. The summed E-state index contributed by atoms with van der Waals surface area (Å²) in [5.74, 6) is 0.716. The number of hydrogen-bond acceptors (Lipinski definition) is 6. The number of para-hydroxylation sites is 1. The Labute approximate surface area is 192 Å². The Kier molecular flexibility index (Phi) is 10.7. The molecule has 0 spiro atoms. The first kappa shape index (κ1) is 27.8. The fourth-order valence-electron chi connectivity index (χ4n) is 3.28. The van der Waals surface area contributed by atoms with Gasteiger partial charge >= 0.3 is 29.6 Å². The van der Waals surface area contributed by atoms with E-state index in [-0.39, 0.29) is 48.2 Å². The fraction of sp³-hybridized carbons (Fsp3) is 0.700. The van der Waals surface area contributed by atoms with Gasteiger partial charge in [0.25, 0.3) is 0 Å². The number of hydrogen-bond donors (Lipinski definition) is 0. The minimum absolute atomic E-state index is 0. The van der Waals surface area contributed by atoms with Gasteiger partial charge in [0.2, 0.25) is 0 Å². The van der Waals surface area contributed by atoms with Gasteiger partial charge in [0, 0.05) is 5.41 Å². The van der Waals surface area contributed by atoms with Crippen LogP contribution >= 0.6 is 0 Å². The molecule has 0 radical (unpaired) electrons. The van der Waals surface area contributed by atoms with Crippen LogP contribution in [0.1, 0.15) is 54.9 Å². The molecule has 156 valence electrons. The van der Waals surface area contributed by atoms with Crippen molar-refractivity contribution in [1.82, 2.24) is 0 Å². The van der Waals surface area contributed by atoms with Crippen LogP contribution in [-0.4, -0.2) is 37.4 Å². The van der Waals surface area contributed by atoms with Crippen molar-refractivity contribution in [1.29, 1.82) is 0 Å². The van der Waals surface area contributed by atoms with E-state index in [1.54, 1.807) is 20.8 Å². The van der Waals surface area contributed by atoms with Gasteiger partial charge in [-0.05, 0) is 37.8 Å². The summed E-state index contributed by atoms with van der Waals surface area (Å²) >= 11 is 0. The Morgan fingerprint density at radius 2 is 1.54 bits per heavy atom. The Morgan fingerprint density at radius 1 is 1.00 bits per heavy atom. The second kappa shape index (κ2) is 10.8. The zero-order chi connectivity index (χ0) is 20.9. The van der Waals surface area contributed by atoms with Crippen molar-refractivity contribution in [2.75, 3.05) is 13.2 Å². The largest absolute Gasteiger partial charge is 1.00 e. The maximum Gasteiger partial charge on any atom is 1.00 e.